The van der Waals surface area contributed by atoms with Gasteiger partial charge < -0.3 is 0 Å². The second kappa shape index (κ2) is 7.58. The number of benzene rings is 1. The highest BCUT2D eigenvalue weighted by Gasteiger charge is 2.12. The van der Waals surface area contributed by atoms with Crippen molar-refractivity contribution in [1.29, 1.82) is 0 Å². The lowest BCUT2D eigenvalue weighted by Gasteiger charge is -2.07. The van der Waals surface area contributed by atoms with E-state index in [-0.39, 0.29) is 24.4 Å². The molecule has 1 amide bonds. The number of nitrogens with one attached hydrogen (secondary N) is 1. The highest BCUT2D eigenvalue weighted by molar-refractivity contribution is 7.18. The van der Waals surface area contributed by atoms with Gasteiger partial charge in [-0.3, -0.25) is 19.0 Å². The fourth-order valence-corrected chi connectivity index (χ4v) is 3.46. The number of rotatable bonds is 6. The van der Waals surface area contributed by atoms with E-state index in [1.807, 2.05) is 44.2 Å². The lowest BCUT2D eigenvalue weighted by molar-refractivity contribution is -0.134. The smallest absolute Gasteiger partial charge is 0.262 e. The summed E-state index contributed by atoms with van der Waals surface area (Å²) in [6.45, 7) is 4.46. The summed E-state index contributed by atoms with van der Waals surface area (Å²) >= 11 is 1.51. The van der Waals surface area contributed by atoms with Gasteiger partial charge in [-0.25, -0.2) is 10.5 Å². The molecule has 0 aliphatic carbocycles. The molecule has 0 atom stereocenters. The average molecular weight is 357 g/mol. The fraction of sp³-hybridized carbons (Fsp3) is 0.278. The Morgan fingerprint density at radius 3 is 2.80 bits per heavy atom. The number of carbonyl (C=O) groups is 1. The lowest BCUT2D eigenvalue weighted by atomic mass is 10.2. The molecule has 6 nitrogen and oxygen atoms in total. The van der Waals surface area contributed by atoms with Gasteiger partial charge in [0.05, 0.1) is 18.3 Å². The molecule has 0 radical (unpaired) electrons. The van der Waals surface area contributed by atoms with E-state index in [0.29, 0.717) is 12.0 Å². The number of nitrogens with zero attached hydrogens (tertiary/aromatic N) is 2. The quantitative estimate of drug-likeness (QED) is 0.689. The van der Waals surface area contributed by atoms with E-state index in [1.54, 1.807) is 0 Å². The van der Waals surface area contributed by atoms with Crippen molar-refractivity contribution in [1.82, 2.24) is 15.0 Å². The number of hydroxylamine groups is 1. The van der Waals surface area contributed by atoms with E-state index in [4.69, 9.17) is 4.84 Å². The van der Waals surface area contributed by atoms with E-state index >= 15 is 0 Å². The highest BCUT2D eigenvalue weighted by Crippen LogP contribution is 2.25. The second-order valence-corrected chi connectivity index (χ2v) is 6.96. The van der Waals surface area contributed by atoms with Gasteiger partial charge in [0.1, 0.15) is 4.83 Å². The topological polar surface area (TPSA) is 73.2 Å². The predicted octanol–water partition coefficient (Wildman–Crippen LogP) is 2.71. The monoisotopic (exact) mass is 357 g/mol. The van der Waals surface area contributed by atoms with Crippen LogP contribution in [-0.4, -0.2) is 15.5 Å². The zero-order valence-electron chi connectivity index (χ0n) is 14.1. The molecular formula is C18H19N3O3S. The van der Waals surface area contributed by atoms with Crippen LogP contribution in [-0.2, 0) is 22.8 Å². The van der Waals surface area contributed by atoms with Crippen LogP contribution in [0.3, 0.4) is 0 Å². The van der Waals surface area contributed by atoms with Crippen molar-refractivity contribution in [3.8, 4) is 0 Å². The molecule has 1 N–H and O–H groups in total. The Morgan fingerprint density at radius 2 is 2.04 bits per heavy atom. The molecule has 0 bridgehead atoms. The first kappa shape index (κ1) is 17.3. The van der Waals surface area contributed by atoms with Gasteiger partial charge in [0.25, 0.3) is 5.56 Å². The number of aryl methyl sites for hydroxylation is 3. The molecule has 3 aromatic rings. The number of fused-ring (bicyclic) bond motifs is 1. The van der Waals surface area contributed by atoms with Crippen LogP contribution in [0.15, 0.2) is 41.5 Å². The van der Waals surface area contributed by atoms with Gasteiger partial charge in [-0.1, -0.05) is 30.3 Å². The number of aromatic nitrogens is 2. The van der Waals surface area contributed by atoms with Gasteiger partial charge in [0.2, 0.25) is 5.91 Å². The summed E-state index contributed by atoms with van der Waals surface area (Å²) in [7, 11) is 0. The Bertz CT molecular complexity index is 947. The Kier molecular flexibility index (Phi) is 5.25. The molecule has 0 unspecified atom stereocenters. The fourth-order valence-electron chi connectivity index (χ4n) is 2.48. The van der Waals surface area contributed by atoms with Gasteiger partial charge >= 0.3 is 0 Å². The molecule has 2 aromatic heterocycles. The maximum Gasteiger partial charge on any atom is 0.262 e. The van der Waals surface area contributed by atoms with Crippen LogP contribution in [0.1, 0.15) is 22.4 Å². The van der Waals surface area contributed by atoms with Gasteiger partial charge in [0, 0.05) is 17.8 Å². The van der Waals surface area contributed by atoms with Crippen molar-refractivity contribution in [2.24, 2.45) is 0 Å². The Balaban J connectivity index is 1.57. The minimum absolute atomic E-state index is 0.107. The molecule has 25 heavy (non-hydrogen) atoms. The Labute approximate surface area is 149 Å². The normalized spacial score (nSPS) is 11.0. The summed E-state index contributed by atoms with van der Waals surface area (Å²) in [6, 6.07) is 9.56. The first-order valence-corrected chi connectivity index (χ1v) is 8.77. The van der Waals surface area contributed by atoms with E-state index in [0.717, 1.165) is 20.8 Å². The van der Waals surface area contributed by atoms with Crippen LogP contribution in [0, 0.1) is 13.8 Å². The molecular weight excluding hydrogens is 338 g/mol. The summed E-state index contributed by atoms with van der Waals surface area (Å²) in [4.78, 5) is 35.8. The number of hydrogen-bond donors (Lipinski definition) is 1. The van der Waals surface area contributed by atoms with Crippen molar-refractivity contribution in [2.75, 3.05) is 0 Å². The minimum atomic E-state index is -0.277. The third kappa shape index (κ3) is 3.94. The third-order valence-electron chi connectivity index (χ3n) is 4.00. The molecule has 0 spiro atoms. The summed E-state index contributed by atoms with van der Waals surface area (Å²) in [5, 5.41) is 0.644. The standard InChI is InChI=1S/C18H19N3O3S/c1-12-13(2)25-17-16(12)18(23)21(11-19-17)9-8-15(22)20-24-10-14-6-4-3-5-7-14/h3-7,11H,8-10H2,1-2H3,(H,20,22). The van der Waals surface area contributed by atoms with E-state index in [9.17, 15) is 9.59 Å². The van der Waals surface area contributed by atoms with Crippen molar-refractivity contribution in [3.63, 3.8) is 0 Å². The maximum absolute atomic E-state index is 12.5. The zero-order valence-corrected chi connectivity index (χ0v) is 14.9. The van der Waals surface area contributed by atoms with Crippen LogP contribution in [0.5, 0.6) is 0 Å². The summed E-state index contributed by atoms with van der Waals surface area (Å²) in [5.74, 6) is -0.277. The number of amides is 1. The summed E-state index contributed by atoms with van der Waals surface area (Å²) < 4.78 is 1.47. The molecule has 3 rings (SSSR count). The van der Waals surface area contributed by atoms with Crippen molar-refractivity contribution in [3.05, 3.63) is 63.0 Å². The average Bonchev–Trinajstić information content (AvgIpc) is 2.90. The third-order valence-corrected chi connectivity index (χ3v) is 5.12. The second-order valence-electron chi connectivity index (χ2n) is 5.76. The van der Waals surface area contributed by atoms with Gasteiger partial charge in [-0.15, -0.1) is 11.3 Å². The van der Waals surface area contributed by atoms with Crippen LogP contribution in [0.4, 0.5) is 0 Å². The van der Waals surface area contributed by atoms with Crippen molar-refractivity contribution >= 4 is 27.5 Å². The lowest BCUT2D eigenvalue weighted by Crippen LogP contribution is -2.27. The van der Waals surface area contributed by atoms with Crippen molar-refractivity contribution in [2.45, 2.75) is 33.4 Å². The van der Waals surface area contributed by atoms with Crippen LogP contribution < -0.4 is 11.0 Å². The predicted molar refractivity (Wildman–Crippen MR) is 97.3 cm³/mol. The molecule has 0 aliphatic rings. The van der Waals surface area contributed by atoms with Gasteiger partial charge in [-0.2, -0.15) is 0 Å². The largest absolute Gasteiger partial charge is 0.298 e. The van der Waals surface area contributed by atoms with Crippen LogP contribution in [0.2, 0.25) is 0 Å². The van der Waals surface area contributed by atoms with E-state index in [2.05, 4.69) is 10.5 Å². The van der Waals surface area contributed by atoms with E-state index < -0.39 is 0 Å². The van der Waals surface area contributed by atoms with Crippen molar-refractivity contribution < 1.29 is 9.63 Å². The SMILES string of the molecule is Cc1sc2ncn(CCC(=O)NOCc3ccccc3)c(=O)c2c1C. The number of carbonyl (C=O) groups excluding carboxylic acids is 1. The maximum atomic E-state index is 12.5. The zero-order chi connectivity index (χ0) is 17.8. The minimum Gasteiger partial charge on any atom is -0.298 e. The Hall–Kier alpha value is -2.51. The first-order chi connectivity index (χ1) is 12.1. The molecule has 7 heteroatoms. The summed E-state index contributed by atoms with van der Waals surface area (Å²) in [6.07, 6.45) is 1.64. The number of hydrogen-bond acceptors (Lipinski definition) is 5. The van der Waals surface area contributed by atoms with Crippen LogP contribution in [0.25, 0.3) is 10.2 Å². The first-order valence-electron chi connectivity index (χ1n) is 7.96. The molecule has 130 valence electrons. The number of thiophene rings is 1. The van der Waals surface area contributed by atoms with Gasteiger partial charge in [-0.05, 0) is 25.0 Å². The molecule has 0 fully saturated rings. The molecule has 0 saturated carbocycles. The molecule has 0 saturated heterocycles. The van der Waals surface area contributed by atoms with Crippen LogP contribution >= 0.6 is 11.3 Å². The molecule has 0 aliphatic heterocycles. The summed E-state index contributed by atoms with van der Waals surface area (Å²) in [5.41, 5.74) is 4.22. The molecule has 2 heterocycles. The highest BCUT2D eigenvalue weighted by atomic mass is 32.1. The Morgan fingerprint density at radius 1 is 1.28 bits per heavy atom. The molecule has 1 aromatic carbocycles. The van der Waals surface area contributed by atoms with E-state index in [1.165, 1.54) is 22.2 Å². The van der Waals surface area contributed by atoms with Gasteiger partial charge in [0.15, 0.2) is 0 Å².